The lowest BCUT2D eigenvalue weighted by Crippen LogP contribution is -2.29. The van der Waals surface area contributed by atoms with E-state index >= 15 is 0 Å². The van der Waals surface area contributed by atoms with Gasteiger partial charge in [0, 0.05) is 7.05 Å². The van der Waals surface area contributed by atoms with Crippen molar-refractivity contribution < 1.29 is 19.4 Å². The van der Waals surface area contributed by atoms with Crippen molar-refractivity contribution in [2.75, 3.05) is 13.7 Å². The third kappa shape index (κ3) is 3.21. The average molecular weight is 237 g/mol. The number of nitrogens with zero attached hydrogens (tertiary/aromatic N) is 1. The Kier molecular flexibility index (Phi) is 4.51. The standard InChI is InChI=1S/C12H15NO4/c1-3-17-10-6-4-9(5-7-10)11(12(15)16)13(2)8-14/h4-8,11H,3H2,1-2H3,(H,15,16). The number of ether oxygens (including phenoxy) is 1. The number of hydrogen-bond donors (Lipinski definition) is 1. The number of amides is 1. The molecule has 0 radical (unpaired) electrons. The first-order valence-electron chi connectivity index (χ1n) is 5.23. The molecule has 1 amide bonds. The summed E-state index contributed by atoms with van der Waals surface area (Å²) in [6.07, 6.45) is 0.495. The fourth-order valence-electron chi connectivity index (χ4n) is 1.53. The maximum absolute atomic E-state index is 11.1. The van der Waals surface area contributed by atoms with Gasteiger partial charge >= 0.3 is 5.97 Å². The summed E-state index contributed by atoms with van der Waals surface area (Å²) in [6, 6.07) is 5.69. The molecule has 0 saturated carbocycles. The van der Waals surface area contributed by atoms with Crippen LogP contribution in [0.5, 0.6) is 5.75 Å². The van der Waals surface area contributed by atoms with E-state index in [0.29, 0.717) is 24.3 Å². The number of carboxylic acids is 1. The van der Waals surface area contributed by atoms with Gasteiger partial charge in [0.2, 0.25) is 6.41 Å². The van der Waals surface area contributed by atoms with Gasteiger partial charge in [-0.1, -0.05) is 12.1 Å². The van der Waals surface area contributed by atoms with Crippen molar-refractivity contribution in [3.63, 3.8) is 0 Å². The fraction of sp³-hybridized carbons (Fsp3) is 0.333. The monoisotopic (exact) mass is 237 g/mol. The molecule has 0 fully saturated rings. The van der Waals surface area contributed by atoms with Gasteiger partial charge in [-0.25, -0.2) is 4.79 Å². The molecule has 5 nitrogen and oxygen atoms in total. The van der Waals surface area contributed by atoms with Crippen molar-refractivity contribution in [2.24, 2.45) is 0 Å². The van der Waals surface area contributed by atoms with Crippen molar-refractivity contribution in [1.82, 2.24) is 4.90 Å². The van der Waals surface area contributed by atoms with E-state index in [1.165, 1.54) is 7.05 Å². The number of likely N-dealkylation sites (N-methyl/N-ethyl adjacent to an activating group) is 1. The molecule has 17 heavy (non-hydrogen) atoms. The number of benzene rings is 1. The first kappa shape index (κ1) is 13.0. The second-order valence-corrected chi connectivity index (χ2v) is 3.51. The number of aliphatic carboxylic acids is 1. The summed E-state index contributed by atoms with van der Waals surface area (Å²) in [7, 11) is 1.43. The molecular formula is C12H15NO4. The van der Waals surface area contributed by atoms with Crippen molar-refractivity contribution in [2.45, 2.75) is 13.0 Å². The molecule has 0 heterocycles. The molecule has 92 valence electrons. The smallest absolute Gasteiger partial charge is 0.331 e. The maximum Gasteiger partial charge on any atom is 0.331 e. The molecule has 0 bridgehead atoms. The molecule has 0 aliphatic carbocycles. The van der Waals surface area contributed by atoms with Crippen LogP contribution in [0.25, 0.3) is 0 Å². The van der Waals surface area contributed by atoms with Crippen molar-refractivity contribution in [3.8, 4) is 5.75 Å². The summed E-state index contributed by atoms with van der Waals surface area (Å²) in [6.45, 7) is 2.42. The molecular weight excluding hydrogens is 222 g/mol. The van der Waals surface area contributed by atoms with E-state index in [4.69, 9.17) is 9.84 Å². The van der Waals surface area contributed by atoms with Gasteiger partial charge in [-0.3, -0.25) is 4.79 Å². The Morgan fingerprint density at radius 3 is 2.47 bits per heavy atom. The van der Waals surface area contributed by atoms with Crippen LogP contribution in [-0.2, 0) is 9.59 Å². The van der Waals surface area contributed by atoms with Crippen molar-refractivity contribution >= 4 is 12.4 Å². The van der Waals surface area contributed by atoms with Gasteiger partial charge in [0.1, 0.15) is 5.75 Å². The maximum atomic E-state index is 11.1. The van der Waals surface area contributed by atoms with Gasteiger partial charge in [0.25, 0.3) is 0 Å². The fourth-order valence-corrected chi connectivity index (χ4v) is 1.53. The molecule has 0 aliphatic heterocycles. The van der Waals surface area contributed by atoms with Gasteiger partial charge in [-0.2, -0.15) is 0 Å². The molecule has 0 aromatic heterocycles. The highest BCUT2D eigenvalue weighted by atomic mass is 16.5. The number of carboxylic acid groups (broad SMARTS) is 1. The highest BCUT2D eigenvalue weighted by molar-refractivity contribution is 5.78. The Hall–Kier alpha value is -2.04. The zero-order valence-corrected chi connectivity index (χ0v) is 9.79. The summed E-state index contributed by atoms with van der Waals surface area (Å²) < 4.78 is 5.26. The van der Waals surface area contributed by atoms with Crippen molar-refractivity contribution in [3.05, 3.63) is 29.8 Å². The van der Waals surface area contributed by atoms with Crippen LogP contribution in [0.2, 0.25) is 0 Å². The number of rotatable bonds is 6. The Bertz CT molecular complexity index is 388. The number of carbonyl (C=O) groups is 2. The Balaban J connectivity index is 2.95. The van der Waals surface area contributed by atoms with Gasteiger partial charge in [-0.15, -0.1) is 0 Å². The number of carbonyl (C=O) groups excluding carboxylic acids is 1. The first-order valence-corrected chi connectivity index (χ1v) is 5.23. The minimum Gasteiger partial charge on any atom is -0.494 e. The van der Waals surface area contributed by atoms with E-state index < -0.39 is 12.0 Å². The summed E-state index contributed by atoms with van der Waals surface area (Å²) in [5, 5.41) is 9.07. The zero-order valence-electron chi connectivity index (χ0n) is 9.79. The van der Waals surface area contributed by atoms with Crippen LogP contribution in [0.15, 0.2) is 24.3 Å². The second kappa shape index (κ2) is 5.89. The lowest BCUT2D eigenvalue weighted by atomic mass is 10.1. The van der Waals surface area contributed by atoms with Gasteiger partial charge < -0.3 is 14.7 Å². The van der Waals surface area contributed by atoms with Gasteiger partial charge in [0.15, 0.2) is 6.04 Å². The van der Waals surface area contributed by atoms with Crippen LogP contribution >= 0.6 is 0 Å². The van der Waals surface area contributed by atoms with Gasteiger partial charge in [0.05, 0.1) is 6.61 Å². The van der Waals surface area contributed by atoms with Crippen LogP contribution in [0.3, 0.4) is 0 Å². The third-order valence-electron chi connectivity index (χ3n) is 2.31. The first-order chi connectivity index (χ1) is 8.10. The van der Waals surface area contributed by atoms with Crippen LogP contribution in [0.4, 0.5) is 0 Å². The van der Waals surface area contributed by atoms with Crippen LogP contribution in [0, 0.1) is 0 Å². The van der Waals surface area contributed by atoms with Gasteiger partial charge in [-0.05, 0) is 24.6 Å². The van der Waals surface area contributed by atoms with E-state index in [9.17, 15) is 9.59 Å². The molecule has 0 aliphatic rings. The van der Waals surface area contributed by atoms with E-state index in [1.807, 2.05) is 6.92 Å². The molecule has 1 unspecified atom stereocenters. The highest BCUT2D eigenvalue weighted by Crippen LogP contribution is 2.21. The molecule has 1 rings (SSSR count). The van der Waals surface area contributed by atoms with E-state index in [1.54, 1.807) is 24.3 Å². The lowest BCUT2D eigenvalue weighted by Gasteiger charge is -2.20. The zero-order chi connectivity index (χ0) is 12.8. The summed E-state index contributed by atoms with van der Waals surface area (Å²) >= 11 is 0. The van der Waals surface area contributed by atoms with Crippen LogP contribution < -0.4 is 4.74 Å². The summed E-state index contributed by atoms with van der Waals surface area (Å²) in [5.41, 5.74) is 0.538. The third-order valence-corrected chi connectivity index (χ3v) is 2.31. The molecule has 0 saturated heterocycles. The topological polar surface area (TPSA) is 66.8 Å². The highest BCUT2D eigenvalue weighted by Gasteiger charge is 2.23. The average Bonchev–Trinajstić information content (AvgIpc) is 2.31. The Morgan fingerprint density at radius 2 is 2.06 bits per heavy atom. The second-order valence-electron chi connectivity index (χ2n) is 3.51. The lowest BCUT2D eigenvalue weighted by molar-refractivity contribution is -0.145. The Morgan fingerprint density at radius 1 is 1.47 bits per heavy atom. The summed E-state index contributed by atoms with van der Waals surface area (Å²) in [4.78, 5) is 22.8. The molecule has 5 heteroatoms. The SMILES string of the molecule is CCOc1ccc(C(C(=O)O)N(C)C=O)cc1. The Labute approximate surface area is 99.6 Å². The predicted octanol–water partition coefficient (Wildman–Crippen LogP) is 1.30. The largest absolute Gasteiger partial charge is 0.494 e. The minimum absolute atomic E-state index is 0.495. The molecule has 1 aromatic carbocycles. The molecule has 1 aromatic rings. The number of hydrogen-bond acceptors (Lipinski definition) is 3. The van der Waals surface area contributed by atoms with E-state index in [2.05, 4.69) is 0 Å². The molecule has 1 atom stereocenters. The van der Waals surface area contributed by atoms with E-state index in [0.717, 1.165) is 4.90 Å². The minimum atomic E-state index is -1.07. The normalized spacial score (nSPS) is 11.6. The quantitative estimate of drug-likeness (QED) is 0.757. The summed E-state index contributed by atoms with van der Waals surface area (Å²) in [5.74, 6) is -0.391. The molecule has 0 spiro atoms. The van der Waals surface area contributed by atoms with E-state index in [-0.39, 0.29) is 0 Å². The predicted molar refractivity (Wildman–Crippen MR) is 61.8 cm³/mol. The van der Waals surface area contributed by atoms with Crippen molar-refractivity contribution in [1.29, 1.82) is 0 Å². The van der Waals surface area contributed by atoms with Crippen LogP contribution in [0.1, 0.15) is 18.5 Å². The molecule has 1 N–H and O–H groups in total. The van der Waals surface area contributed by atoms with Crippen LogP contribution in [-0.4, -0.2) is 36.0 Å².